The predicted octanol–water partition coefficient (Wildman–Crippen LogP) is 4.82. The first kappa shape index (κ1) is 23.1. The fourth-order valence-corrected chi connectivity index (χ4v) is 6.33. The minimum absolute atomic E-state index is 0.502. The Morgan fingerprint density at radius 2 is 1.48 bits per heavy atom. The molecule has 0 aliphatic carbocycles. The Labute approximate surface area is 184 Å². The predicted molar refractivity (Wildman–Crippen MR) is 126 cm³/mol. The maximum Gasteiger partial charge on any atom is 0.229 e. The Balaban J connectivity index is 2.28. The SMILES string of the molecule is COc1ccc(C(c2nc(-c3ccccc3)oc2N(C)C)P(=O)(N(C)C)N(C)C)cc1. The summed E-state index contributed by atoms with van der Waals surface area (Å²) < 4.78 is 29.6. The van der Waals surface area contributed by atoms with Gasteiger partial charge >= 0.3 is 0 Å². The number of ether oxygens (including phenoxy) is 1. The molecule has 3 rings (SSSR count). The van der Waals surface area contributed by atoms with Crippen LogP contribution in [-0.2, 0) is 4.57 Å². The molecule has 0 spiro atoms. The summed E-state index contributed by atoms with van der Waals surface area (Å²) in [4.78, 5) is 6.76. The van der Waals surface area contributed by atoms with Crippen LogP contribution in [0.3, 0.4) is 0 Å². The molecule has 31 heavy (non-hydrogen) atoms. The number of benzene rings is 2. The van der Waals surface area contributed by atoms with Gasteiger partial charge in [0.15, 0.2) is 0 Å². The summed E-state index contributed by atoms with van der Waals surface area (Å²) in [6.45, 7) is 0. The first-order chi connectivity index (χ1) is 14.7. The average Bonchev–Trinajstić information content (AvgIpc) is 3.20. The summed E-state index contributed by atoms with van der Waals surface area (Å²) in [5, 5.41) is 0. The first-order valence-electron chi connectivity index (χ1n) is 10.0. The molecule has 0 aliphatic heterocycles. The van der Waals surface area contributed by atoms with Crippen LogP contribution in [0.15, 0.2) is 59.0 Å². The third kappa shape index (κ3) is 4.40. The van der Waals surface area contributed by atoms with Gasteiger partial charge in [-0.05, 0) is 58.0 Å². The summed E-state index contributed by atoms with van der Waals surface area (Å²) in [5.41, 5.74) is 1.86. The fraction of sp³-hybridized carbons (Fsp3) is 0.348. The zero-order valence-electron chi connectivity index (χ0n) is 19.2. The van der Waals surface area contributed by atoms with Crippen molar-refractivity contribution < 1.29 is 13.7 Å². The highest BCUT2D eigenvalue weighted by Gasteiger charge is 2.44. The van der Waals surface area contributed by atoms with E-state index in [0.717, 1.165) is 16.9 Å². The van der Waals surface area contributed by atoms with E-state index in [0.29, 0.717) is 17.5 Å². The Kier molecular flexibility index (Phi) is 6.90. The molecule has 0 fully saturated rings. The van der Waals surface area contributed by atoms with Crippen molar-refractivity contribution in [1.82, 2.24) is 14.3 Å². The van der Waals surface area contributed by atoms with Crippen molar-refractivity contribution in [2.75, 3.05) is 54.3 Å². The van der Waals surface area contributed by atoms with E-state index in [1.54, 1.807) is 16.5 Å². The third-order valence-electron chi connectivity index (χ3n) is 5.23. The van der Waals surface area contributed by atoms with E-state index in [-0.39, 0.29) is 0 Å². The smallest absolute Gasteiger partial charge is 0.229 e. The van der Waals surface area contributed by atoms with Gasteiger partial charge in [-0.3, -0.25) is 4.57 Å². The van der Waals surface area contributed by atoms with Gasteiger partial charge in [-0.25, -0.2) is 14.3 Å². The molecule has 166 valence electrons. The third-order valence-corrected chi connectivity index (χ3v) is 8.74. The van der Waals surface area contributed by atoms with E-state index >= 15 is 0 Å². The summed E-state index contributed by atoms with van der Waals surface area (Å²) in [6, 6.07) is 17.4. The van der Waals surface area contributed by atoms with Gasteiger partial charge in [0.1, 0.15) is 17.1 Å². The maximum atomic E-state index is 14.5. The number of hydrogen-bond acceptors (Lipinski definition) is 5. The van der Waals surface area contributed by atoms with Gasteiger partial charge in [-0.15, -0.1) is 0 Å². The lowest BCUT2D eigenvalue weighted by molar-refractivity contribution is 0.414. The molecule has 7 nitrogen and oxygen atoms in total. The molecule has 0 aliphatic rings. The summed E-state index contributed by atoms with van der Waals surface area (Å²) in [7, 11) is 9.68. The second-order valence-corrected chi connectivity index (χ2v) is 11.2. The molecule has 0 N–H and O–H groups in total. The van der Waals surface area contributed by atoms with Crippen LogP contribution in [0.4, 0.5) is 5.88 Å². The van der Waals surface area contributed by atoms with Gasteiger partial charge < -0.3 is 14.1 Å². The van der Waals surface area contributed by atoms with Crippen LogP contribution in [-0.4, -0.2) is 63.7 Å². The van der Waals surface area contributed by atoms with Crippen LogP contribution < -0.4 is 9.64 Å². The standard InChI is InChI=1S/C23H31N4O3P/c1-25(2)23-20(24-22(30-23)18-11-9-8-10-12-18)21(31(28,26(3)4)27(5)6)17-13-15-19(29-7)16-14-17/h8-16,21H,1-7H3. The van der Waals surface area contributed by atoms with Gasteiger partial charge in [0.25, 0.3) is 0 Å². The number of aromatic nitrogens is 1. The molecule has 0 bridgehead atoms. The Bertz CT molecular complexity index is 1030. The van der Waals surface area contributed by atoms with Crippen LogP contribution in [0, 0.1) is 0 Å². The molecule has 0 saturated carbocycles. The van der Waals surface area contributed by atoms with Crippen molar-refractivity contribution in [2.45, 2.75) is 5.66 Å². The zero-order chi connectivity index (χ0) is 22.8. The molecule has 8 heteroatoms. The minimum atomic E-state index is -3.11. The Morgan fingerprint density at radius 3 is 1.97 bits per heavy atom. The summed E-state index contributed by atoms with van der Waals surface area (Å²) in [6.07, 6.45) is 0. The van der Waals surface area contributed by atoms with Crippen molar-refractivity contribution in [3.63, 3.8) is 0 Å². The Morgan fingerprint density at radius 1 is 0.903 bits per heavy atom. The molecule has 0 radical (unpaired) electrons. The maximum absolute atomic E-state index is 14.5. The highest BCUT2D eigenvalue weighted by Crippen LogP contribution is 2.65. The number of nitrogens with zero attached hydrogens (tertiary/aromatic N) is 4. The average molecular weight is 443 g/mol. The van der Waals surface area contributed by atoms with E-state index in [2.05, 4.69) is 0 Å². The van der Waals surface area contributed by atoms with Crippen molar-refractivity contribution in [1.29, 1.82) is 0 Å². The molecule has 0 amide bonds. The molecular formula is C23H31N4O3P. The normalized spacial score (nSPS) is 12.9. The van der Waals surface area contributed by atoms with Gasteiger partial charge in [0.2, 0.25) is 19.2 Å². The highest BCUT2D eigenvalue weighted by molar-refractivity contribution is 7.59. The van der Waals surface area contributed by atoms with Crippen LogP contribution in [0.1, 0.15) is 16.9 Å². The number of oxazole rings is 1. The van der Waals surface area contributed by atoms with Crippen molar-refractivity contribution >= 4 is 13.3 Å². The molecule has 0 saturated heterocycles. The molecular weight excluding hydrogens is 411 g/mol. The summed E-state index contributed by atoms with van der Waals surface area (Å²) >= 11 is 0. The monoisotopic (exact) mass is 442 g/mol. The molecule has 1 aromatic heterocycles. The molecule has 1 unspecified atom stereocenters. The molecule has 3 aromatic rings. The number of methoxy groups -OCH3 is 1. The van der Waals surface area contributed by atoms with Crippen molar-refractivity contribution in [3.05, 3.63) is 65.9 Å². The van der Waals surface area contributed by atoms with Crippen LogP contribution in [0.25, 0.3) is 11.5 Å². The van der Waals surface area contributed by atoms with Gasteiger partial charge in [-0.2, -0.15) is 0 Å². The Hall–Kier alpha value is -2.60. The molecule has 1 atom stereocenters. The van der Waals surface area contributed by atoms with Crippen molar-refractivity contribution in [3.8, 4) is 17.2 Å². The molecule has 2 aromatic carbocycles. The van der Waals surface area contributed by atoms with E-state index < -0.39 is 13.1 Å². The van der Waals surface area contributed by atoms with Crippen LogP contribution in [0.2, 0.25) is 0 Å². The summed E-state index contributed by atoms with van der Waals surface area (Å²) in [5.74, 6) is 1.83. The quantitative estimate of drug-likeness (QED) is 0.464. The number of hydrogen-bond donors (Lipinski definition) is 0. The van der Waals surface area contributed by atoms with Crippen molar-refractivity contribution in [2.24, 2.45) is 0 Å². The van der Waals surface area contributed by atoms with E-state index in [1.807, 2.05) is 102 Å². The lowest BCUT2D eigenvalue weighted by Gasteiger charge is -2.37. The fourth-order valence-electron chi connectivity index (χ4n) is 3.64. The van der Waals surface area contributed by atoms with Crippen LogP contribution >= 0.6 is 7.44 Å². The second-order valence-electron chi connectivity index (χ2n) is 7.93. The van der Waals surface area contributed by atoms with E-state index in [1.165, 1.54) is 0 Å². The number of rotatable bonds is 8. The van der Waals surface area contributed by atoms with Gasteiger partial charge in [0, 0.05) is 19.7 Å². The first-order valence-corrected chi connectivity index (χ1v) is 11.7. The largest absolute Gasteiger partial charge is 0.497 e. The zero-order valence-corrected chi connectivity index (χ0v) is 20.1. The molecule has 1 heterocycles. The number of anilines is 1. The van der Waals surface area contributed by atoms with E-state index in [9.17, 15) is 4.57 Å². The van der Waals surface area contributed by atoms with E-state index in [4.69, 9.17) is 14.1 Å². The van der Waals surface area contributed by atoms with Gasteiger partial charge in [-0.1, -0.05) is 30.3 Å². The highest BCUT2D eigenvalue weighted by atomic mass is 31.2. The topological polar surface area (TPSA) is 62.1 Å². The lowest BCUT2D eigenvalue weighted by Crippen LogP contribution is -2.27. The second kappa shape index (κ2) is 9.27. The minimum Gasteiger partial charge on any atom is -0.497 e. The lowest BCUT2D eigenvalue weighted by atomic mass is 10.1. The van der Waals surface area contributed by atoms with Crippen LogP contribution in [0.5, 0.6) is 5.75 Å². The van der Waals surface area contributed by atoms with Gasteiger partial charge in [0.05, 0.1) is 7.11 Å².